The Kier molecular flexibility index (Phi) is 8.14. The molecule has 0 rings (SSSR count). The van der Waals surface area contributed by atoms with Crippen LogP contribution in [0.2, 0.25) is 0 Å². The van der Waals surface area contributed by atoms with Crippen LogP contribution < -0.4 is 16.8 Å². The molecule has 0 aliphatic carbocycles. The van der Waals surface area contributed by atoms with Gasteiger partial charge in [0.05, 0.1) is 6.04 Å². The molecule has 0 aromatic rings. The van der Waals surface area contributed by atoms with Crippen molar-refractivity contribution in [3.05, 3.63) is 0 Å². The van der Waals surface area contributed by atoms with Crippen molar-refractivity contribution in [1.82, 2.24) is 5.32 Å². The predicted molar refractivity (Wildman–Crippen MR) is 69.0 cm³/mol. The third-order valence-corrected chi connectivity index (χ3v) is 2.91. The van der Waals surface area contributed by atoms with Crippen molar-refractivity contribution in [2.75, 3.05) is 12.0 Å². The molecular weight excluding hydrogens is 258 g/mol. The van der Waals surface area contributed by atoms with Gasteiger partial charge in [0.1, 0.15) is 6.04 Å². The standard InChI is InChI=1S/C10H19N3O4S/c1-18-5-4-7(10(16)17)13-9(15)6(11)2-3-8(12)14/h6-7H,2-5,11H2,1H3,(H2,12,14)(H,13,15)(H,16,17). The molecule has 8 heteroatoms. The highest BCUT2D eigenvalue weighted by molar-refractivity contribution is 7.98. The van der Waals surface area contributed by atoms with Gasteiger partial charge in [-0.3, -0.25) is 9.59 Å². The van der Waals surface area contributed by atoms with Crippen molar-refractivity contribution in [3.8, 4) is 0 Å². The SMILES string of the molecule is CSCCC(NC(=O)C(N)CCC(N)=O)C(=O)O. The van der Waals surface area contributed by atoms with Gasteiger partial charge in [0.15, 0.2) is 0 Å². The fraction of sp³-hybridized carbons (Fsp3) is 0.700. The Morgan fingerprint density at radius 2 is 1.94 bits per heavy atom. The van der Waals surface area contributed by atoms with E-state index in [1.807, 2.05) is 6.26 Å². The Morgan fingerprint density at radius 3 is 2.39 bits per heavy atom. The molecule has 6 N–H and O–H groups in total. The Bertz CT molecular complexity index is 311. The molecule has 0 fully saturated rings. The van der Waals surface area contributed by atoms with Crippen LogP contribution in [-0.2, 0) is 14.4 Å². The normalized spacial score (nSPS) is 13.7. The van der Waals surface area contributed by atoms with Gasteiger partial charge in [-0.2, -0.15) is 11.8 Å². The molecule has 0 heterocycles. The van der Waals surface area contributed by atoms with Crippen LogP contribution in [0.5, 0.6) is 0 Å². The molecule has 2 atom stereocenters. The molecule has 18 heavy (non-hydrogen) atoms. The number of nitrogens with one attached hydrogen (secondary N) is 1. The molecular formula is C10H19N3O4S. The predicted octanol–water partition coefficient (Wildman–Crippen LogP) is -1.10. The first-order valence-corrected chi connectivity index (χ1v) is 6.83. The van der Waals surface area contributed by atoms with Gasteiger partial charge < -0.3 is 21.9 Å². The first-order chi connectivity index (χ1) is 8.38. The van der Waals surface area contributed by atoms with E-state index in [2.05, 4.69) is 5.32 Å². The van der Waals surface area contributed by atoms with Crippen LogP contribution in [0.1, 0.15) is 19.3 Å². The number of carboxylic acid groups (broad SMARTS) is 1. The topological polar surface area (TPSA) is 136 Å². The van der Waals surface area contributed by atoms with Gasteiger partial charge in [0.2, 0.25) is 11.8 Å². The summed E-state index contributed by atoms with van der Waals surface area (Å²) in [6, 6.07) is -1.88. The first-order valence-electron chi connectivity index (χ1n) is 5.44. The molecule has 0 aromatic carbocycles. The summed E-state index contributed by atoms with van der Waals surface area (Å²) >= 11 is 1.49. The Labute approximate surface area is 110 Å². The number of rotatable bonds is 9. The maximum Gasteiger partial charge on any atom is 0.326 e. The quantitative estimate of drug-likeness (QED) is 0.422. The van der Waals surface area contributed by atoms with Crippen molar-refractivity contribution >= 4 is 29.5 Å². The molecule has 0 radical (unpaired) electrons. The van der Waals surface area contributed by atoms with E-state index in [0.29, 0.717) is 12.2 Å². The van der Waals surface area contributed by atoms with Gasteiger partial charge in [-0.25, -0.2) is 4.79 Å². The van der Waals surface area contributed by atoms with E-state index in [9.17, 15) is 14.4 Å². The molecule has 2 unspecified atom stereocenters. The van der Waals surface area contributed by atoms with Crippen molar-refractivity contribution in [3.63, 3.8) is 0 Å². The van der Waals surface area contributed by atoms with E-state index >= 15 is 0 Å². The highest BCUT2D eigenvalue weighted by Crippen LogP contribution is 2.02. The molecule has 104 valence electrons. The highest BCUT2D eigenvalue weighted by atomic mass is 32.2. The largest absolute Gasteiger partial charge is 0.480 e. The fourth-order valence-electron chi connectivity index (χ4n) is 1.20. The molecule has 0 spiro atoms. The summed E-state index contributed by atoms with van der Waals surface area (Å²) in [6.45, 7) is 0. The first kappa shape index (κ1) is 16.7. The summed E-state index contributed by atoms with van der Waals surface area (Å²) < 4.78 is 0. The third kappa shape index (κ3) is 7.13. The van der Waals surface area contributed by atoms with Crippen molar-refractivity contribution in [2.45, 2.75) is 31.3 Å². The van der Waals surface area contributed by atoms with E-state index in [4.69, 9.17) is 16.6 Å². The van der Waals surface area contributed by atoms with Crippen molar-refractivity contribution in [2.24, 2.45) is 11.5 Å². The Morgan fingerprint density at radius 1 is 1.33 bits per heavy atom. The number of primary amides is 1. The van der Waals surface area contributed by atoms with E-state index in [0.717, 1.165) is 0 Å². The molecule has 7 nitrogen and oxygen atoms in total. The van der Waals surface area contributed by atoms with Gasteiger partial charge in [0.25, 0.3) is 0 Å². The van der Waals surface area contributed by atoms with Gasteiger partial charge in [-0.05, 0) is 24.9 Å². The van der Waals surface area contributed by atoms with Crippen LogP contribution in [-0.4, -0.2) is 47.0 Å². The van der Waals surface area contributed by atoms with Crippen LogP contribution >= 0.6 is 11.8 Å². The van der Waals surface area contributed by atoms with Crippen LogP contribution in [0.4, 0.5) is 0 Å². The van der Waals surface area contributed by atoms with Gasteiger partial charge in [-0.15, -0.1) is 0 Å². The minimum Gasteiger partial charge on any atom is -0.480 e. The summed E-state index contributed by atoms with van der Waals surface area (Å²) in [7, 11) is 0. The summed E-state index contributed by atoms with van der Waals surface area (Å²) in [5.74, 6) is -1.60. The molecule has 0 aromatic heterocycles. The zero-order chi connectivity index (χ0) is 14.1. The Balaban J connectivity index is 4.22. The lowest BCUT2D eigenvalue weighted by molar-refractivity contribution is -0.142. The lowest BCUT2D eigenvalue weighted by atomic mass is 10.1. The minimum absolute atomic E-state index is 0.00284. The zero-order valence-corrected chi connectivity index (χ0v) is 11.0. The second kappa shape index (κ2) is 8.76. The van der Waals surface area contributed by atoms with E-state index in [1.54, 1.807) is 0 Å². The molecule has 0 aliphatic heterocycles. The number of carbonyl (C=O) groups is 3. The average Bonchev–Trinajstić information content (AvgIpc) is 2.30. The summed E-state index contributed by atoms with van der Waals surface area (Å²) in [5, 5.41) is 11.3. The smallest absolute Gasteiger partial charge is 0.326 e. The number of aliphatic carboxylic acids is 1. The number of thioether (sulfide) groups is 1. The average molecular weight is 277 g/mol. The van der Waals surface area contributed by atoms with Crippen molar-refractivity contribution < 1.29 is 19.5 Å². The molecule has 0 saturated carbocycles. The molecule has 0 bridgehead atoms. The van der Waals surface area contributed by atoms with E-state index in [-0.39, 0.29) is 12.8 Å². The lowest BCUT2D eigenvalue weighted by Gasteiger charge is -2.17. The third-order valence-electron chi connectivity index (χ3n) is 2.26. The van der Waals surface area contributed by atoms with Crippen LogP contribution in [0.3, 0.4) is 0 Å². The van der Waals surface area contributed by atoms with Gasteiger partial charge in [0, 0.05) is 6.42 Å². The minimum atomic E-state index is -1.10. The van der Waals surface area contributed by atoms with Gasteiger partial charge >= 0.3 is 5.97 Å². The summed E-state index contributed by atoms with van der Waals surface area (Å²) in [4.78, 5) is 33.0. The van der Waals surface area contributed by atoms with Crippen LogP contribution in [0.25, 0.3) is 0 Å². The lowest BCUT2D eigenvalue weighted by Crippen LogP contribution is -2.48. The van der Waals surface area contributed by atoms with Crippen LogP contribution in [0, 0.1) is 0 Å². The number of nitrogens with two attached hydrogens (primary N) is 2. The fourth-order valence-corrected chi connectivity index (χ4v) is 1.67. The zero-order valence-electron chi connectivity index (χ0n) is 10.2. The second-order valence-corrected chi connectivity index (χ2v) is 4.78. The second-order valence-electron chi connectivity index (χ2n) is 3.79. The monoisotopic (exact) mass is 277 g/mol. The number of hydrogen-bond acceptors (Lipinski definition) is 5. The number of hydrogen-bond donors (Lipinski definition) is 4. The van der Waals surface area contributed by atoms with Gasteiger partial charge in [-0.1, -0.05) is 0 Å². The summed E-state index contributed by atoms with van der Waals surface area (Å²) in [5.41, 5.74) is 10.5. The van der Waals surface area contributed by atoms with Crippen LogP contribution in [0.15, 0.2) is 0 Å². The summed E-state index contributed by atoms with van der Waals surface area (Å²) in [6.07, 6.45) is 2.28. The van der Waals surface area contributed by atoms with E-state index in [1.165, 1.54) is 11.8 Å². The molecule has 0 saturated heterocycles. The number of carboxylic acids is 1. The maximum atomic E-state index is 11.6. The van der Waals surface area contributed by atoms with Crippen molar-refractivity contribution in [1.29, 1.82) is 0 Å². The van der Waals surface area contributed by atoms with E-state index < -0.39 is 29.9 Å². The highest BCUT2D eigenvalue weighted by Gasteiger charge is 2.22. The number of carbonyl (C=O) groups excluding carboxylic acids is 2. The number of amides is 2. The molecule has 2 amide bonds. The molecule has 0 aliphatic rings. The Hall–Kier alpha value is -1.28. The maximum absolute atomic E-state index is 11.6.